The number of anilines is 1. The molecule has 3 rings (SSSR count). The predicted molar refractivity (Wildman–Crippen MR) is 115 cm³/mol. The van der Waals surface area contributed by atoms with Crippen molar-refractivity contribution < 1.29 is 9.13 Å². The molecule has 3 N–H and O–H groups in total. The highest BCUT2D eigenvalue weighted by atomic mass is 127. The Hall–Kier alpha value is -2.46. The number of hydrogen-bond donors (Lipinski definition) is 2. The molecule has 3 aromatic rings. The molecule has 0 aliphatic rings. The SMILES string of the molecule is COCc1ccccc1NC(N)=NCc1ccc(-n2ccnc2)c(F)c1.I. The van der Waals surface area contributed by atoms with Crippen LogP contribution in [0, 0.1) is 5.82 Å². The molecule has 8 heteroatoms. The van der Waals surface area contributed by atoms with Crippen LogP contribution < -0.4 is 11.1 Å². The average molecular weight is 481 g/mol. The standard InChI is InChI=1S/C19H20FN5O.HI/c1-26-12-15-4-2-3-5-17(15)24-19(21)23-11-14-6-7-18(16(20)10-14)25-9-8-22-13-25;/h2-10,13H,11-12H2,1H3,(H3,21,23,24);1H. The average Bonchev–Trinajstić information content (AvgIpc) is 3.16. The van der Waals surface area contributed by atoms with Crippen LogP contribution in [-0.2, 0) is 17.9 Å². The summed E-state index contributed by atoms with van der Waals surface area (Å²) in [5.41, 5.74) is 8.93. The first-order chi connectivity index (χ1) is 12.7. The number of methoxy groups -OCH3 is 1. The van der Waals surface area contributed by atoms with Crippen LogP contribution in [0.3, 0.4) is 0 Å². The van der Waals surface area contributed by atoms with Crippen molar-refractivity contribution in [2.45, 2.75) is 13.2 Å². The van der Waals surface area contributed by atoms with Crippen molar-refractivity contribution >= 4 is 35.6 Å². The Labute approximate surface area is 174 Å². The zero-order valence-electron chi connectivity index (χ0n) is 14.8. The summed E-state index contributed by atoms with van der Waals surface area (Å²) in [6, 6.07) is 12.6. The van der Waals surface area contributed by atoms with Crippen LogP contribution in [0.15, 0.2) is 66.2 Å². The summed E-state index contributed by atoms with van der Waals surface area (Å²) < 4.78 is 21.0. The predicted octanol–water partition coefficient (Wildman–Crippen LogP) is 3.70. The van der Waals surface area contributed by atoms with Crippen LogP contribution >= 0.6 is 24.0 Å². The van der Waals surface area contributed by atoms with Gasteiger partial charge in [0.15, 0.2) is 5.96 Å². The maximum atomic E-state index is 14.3. The van der Waals surface area contributed by atoms with Crippen molar-refractivity contribution in [3.63, 3.8) is 0 Å². The first-order valence-electron chi connectivity index (χ1n) is 8.08. The summed E-state index contributed by atoms with van der Waals surface area (Å²) in [4.78, 5) is 8.20. The quantitative estimate of drug-likeness (QED) is 0.320. The Balaban J connectivity index is 0.00000261. The molecule has 0 atom stereocenters. The Morgan fingerprint density at radius 2 is 2.11 bits per heavy atom. The third kappa shape index (κ3) is 5.51. The molecule has 0 fully saturated rings. The summed E-state index contributed by atoms with van der Waals surface area (Å²) in [7, 11) is 1.64. The lowest BCUT2D eigenvalue weighted by molar-refractivity contribution is 0.185. The Bertz CT molecular complexity index is 899. The summed E-state index contributed by atoms with van der Waals surface area (Å²) >= 11 is 0. The first kappa shape index (κ1) is 20.8. The molecular weight excluding hydrogens is 460 g/mol. The van der Waals surface area contributed by atoms with E-state index >= 15 is 0 Å². The van der Waals surface area contributed by atoms with Crippen LogP contribution in [-0.4, -0.2) is 22.6 Å². The van der Waals surface area contributed by atoms with Gasteiger partial charge < -0.3 is 20.4 Å². The second-order valence-corrected chi connectivity index (χ2v) is 5.67. The minimum atomic E-state index is -0.340. The number of hydrogen-bond acceptors (Lipinski definition) is 3. The molecule has 0 radical (unpaired) electrons. The molecule has 0 spiro atoms. The van der Waals surface area contributed by atoms with Gasteiger partial charge in [-0.2, -0.15) is 0 Å². The van der Waals surface area contributed by atoms with E-state index in [1.54, 1.807) is 36.5 Å². The number of imidazole rings is 1. The fraction of sp³-hybridized carbons (Fsp3) is 0.158. The van der Waals surface area contributed by atoms with Crippen molar-refractivity contribution in [2.75, 3.05) is 12.4 Å². The lowest BCUT2D eigenvalue weighted by atomic mass is 10.2. The van der Waals surface area contributed by atoms with E-state index in [1.807, 2.05) is 30.3 Å². The van der Waals surface area contributed by atoms with Gasteiger partial charge in [0.2, 0.25) is 0 Å². The topological polar surface area (TPSA) is 77.5 Å². The van der Waals surface area contributed by atoms with Gasteiger partial charge in [0.05, 0.1) is 25.2 Å². The molecule has 2 aromatic carbocycles. The second kappa shape index (κ2) is 10.0. The number of rotatable bonds is 6. The number of nitrogens with zero attached hydrogens (tertiary/aromatic N) is 3. The largest absolute Gasteiger partial charge is 0.380 e. The van der Waals surface area contributed by atoms with Gasteiger partial charge in [-0.15, -0.1) is 24.0 Å². The smallest absolute Gasteiger partial charge is 0.193 e. The number of guanidine groups is 1. The van der Waals surface area contributed by atoms with Crippen LogP contribution in [0.25, 0.3) is 5.69 Å². The second-order valence-electron chi connectivity index (χ2n) is 5.67. The van der Waals surface area contributed by atoms with Gasteiger partial charge in [0.25, 0.3) is 0 Å². The van der Waals surface area contributed by atoms with Crippen molar-refractivity contribution in [1.29, 1.82) is 0 Å². The zero-order chi connectivity index (χ0) is 18.4. The molecule has 6 nitrogen and oxygen atoms in total. The molecule has 0 aliphatic heterocycles. The highest BCUT2D eigenvalue weighted by molar-refractivity contribution is 14.0. The van der Waals surface area contributed by atoms with Gasteiger partial charge in [-0.1, -0.05) is 24.3 Å². The Morgan fingerprint density at radius 1 is 1.30 bits per heavy atom. The molecular formula is C19H21FIN5O. The molecule has 0 saturated heterocycles. The summed E-state index contributed by atoms with van der Waals surface area (Å²) in [5, 5.41) is 3.06. The van der Waals surface area contributed by atoms with Crippen LogP contribution in [0.5, 0.6) is 0 Å². The van der Waals surface area contributed by atoms with Gasteiger partial charge in [-0.05, 0) is 23.8 Å². The van der Waals surface area contributed by atoms with Crippen molar-refractivity contribution in [2.24, 2.45) is 10.7 Å². The van der Waals surface area contributed by atoms with Gasteiger partial charge in [0.1, 0.15) is 5.82 Å². The number of para-hydroxylation sites is 1. The Kier molecular flexibility index (Phi) is 7.74. The minimum absolute atomic E-state index is 0. The lowest BCUT2D eigenvalue weighted by Gasteiger charge is -2.11. The zero-order valence-corrected chi connectivity index (χ0v) is 17.1. The van der Waals surface area contributed by atoms with Crippen LogP contribution in [0.1, 0.15) is 11.1 Å². The number of benzene rings is 2. The third-order valence-electron chi connectivity index (χ3n) is 3.81. The number of aromatic nitrogens is 2. The fourth-order valence-corrected chi connectivity index (χ4v) is 2.54. The van der Waals surface area contributed by atoms with Gasteiger partial charge in [-0.25, -0.2) is 14.4 Å². The molecule has 1 heterocycles. The number of halogens is 2. The highest BCUT2D eigenvalue weighted by Gasteiger charge is 2.06. The first-order valence-corrected chi connectivity index (χ1v) is 8.08. The van der Waals surface area contributed by atoms with Gasteiger partial charge >= 0.3 is 0 Å². The Morgan fingerprint density at radius 3 is 2.81 bits per heavy atom. The summed E-state index contributed by atoms with van der Waals surface area (Å²) in [5.74, 6) is -0.0830. The van der Waals surface area contributed by atoms with E-state index in [2.05, 4.69) is 15.3 Å². The van der Waals surface area contributed by atoms with Crippen LogP contribution in [0.4, 0.5) is 10.1 Å². The van der Waals surface area contributed by atoms with Gasteiger partial charge in [0, 0.05) is 30.8 Å². The van der Waals surface area contributed by atoms with E-state index < -0.39 is 0 Å². The normalized spacial score (nSPS) is 11.1. The van der Waals surface area contributed by atoms with E-state index in [9.17, 15) is 4.39 Å². The fourth-order valence-electron chi connectivity index (χ4n) is 2.54. The van der Waals surface area contributed by atoms with Crippen molar-refractivity contribution in [1.82, 2.24) is 9.55 Å². The molecule has 0 saturated carbocycles. The molecule has 0 unspecified atom stereocenters. The molecule has 142 valence electrons. The molecule has 0 bridgehead atoms. The van der Waals surface area contributed by atoms with E-state index in [-0.39, 0.29) is 42.3 Å². The molecule has 27 heavy (non-hydrogen) atoms. The maximum Gasteiger partial charge on any atom is 0.193 e. The minimum Gasteiger partial charge on any atom is -0.380 e. The third-order valence-corrected chi connectivity index (χ3v) is 3.81. The lowest BCUT2D eigenvalue weighted by Crippen LogP contribution is -2.23. The maximum absolute atomic E-state index is 14.3. The van der Waals surface area contributed by atoms with Crippen LogP contribution in [0.2, 0.25) is 0 Å². The highest BCUT2D eigenvalue weighted by Crippen LogP contribution is 2.17. The number of aliphatic imine (C=N–C) groups is 1. The van der Waals surface area contributed by atoms with Crippen molar-refractivity contribution in [3.8, 4) is 5.69 Å². The summed E-state index contributed by atoms with van der Waals surface area (Å²) in [6.07, 6.45) is 4.84. The van der Waals surface area contributed by atoms with E-state index in [0.717, 1.165) is 16.8 Å². The van der Waals surface area contributed by atoms with E-state index in [1.165, 1.54) is 6.07 Å². The monoisotopic (exact) mass is 481 g/mol. The van der Waals surface area contributed by atoms with Gasteiger partial charge in [-0.3, -0.25) is 0 Å². The summed E-state index contributed by atoms with van der Waals surface area (Å²) in [6.45, 7) is 0.740. The molecule has 1 aromatic heterocycles. The van der Waals surface area contributed by atoms with E-state index in [0.29, 0.717) is 12.3 Å². The van der Waals surface area contributed by atoms with Crippen molar-refractivity contribution in [3.05, 3.63) is 78.1 Å². The van der Waals surface area contributed by atoms with E-state index in [4.69, 9.17) is 10.5 Å². The molecule has 0 aliphatic carbocycles. The number of nitrogens with two attached hydrogens (primary N) is 1. The number of ether oxygens (including phenoxy) is 1. The number of nitrogens with one attached hydrogen (secondary N) is 1. The molecule has 0 amide bonds.